The number of hydrogen-bond donors (Lipinski definition) is 3. The van der Waals surface area contributed by atoms with E-state index >= 15 is 0 Å². The fourth-order valence-electron chi connectivity index (χ4n) is 2.53. The van der Waals surface area contributed by atoms with E-state index in [1.165, 1.54) is 7.11 Å². The molecule has 6 heteroatoms. The summed E-state index contributed by atoms with van der Waals surface area (Å²) in [7, 11) is 1.53. The molecule has 1 fully saturated rings. The van der Waals surface area contributed by atoms with Gasteiger partial charge in [-0.1, -0.05) is 6.07 Å². The predicted octanol–water partition coefficient (Wildman–Crippen LogP) is 2.35. The number of ether oxygens (including phenoxy) is 2. The Balaban J connectivity index is 2.15. The van der Waals surface area contributed by atoms with Gasteiger partial charge in [-0.15, -0.1) is 0 Å². The van der Waals surface area contributed by atoms with Crippen LogP contribution in [0.1, 0.15) is 39.2 Å². The highest BCUT2D eigenvalue weighted by Crippen LogP contribution is 2.41. The number of carbonyl (C=O) groups is 1. The molecule has 0 aromatic heterocycles. The molecule has 1 saturated carbocycles. The van der Waals surface area contributed by atoms with Gasteiger partial charge in [-0.3, -0.25) is 5.32 Å². The maximum Gasteiger partial charge on any atom is 0.412 e. The highest BCUT2D eigenvalue weighted by molar-refractivity contribution is 5.87. The van der Waals surface area contributed by atoms with Crippen molar-refractivity contribution >= 4 is 11.8 Å². The number of aliphatic hydroxyl groups is 1. The smallest absolute Gasteiger partial charge is 0.412 e. The molecule has 1 aromatic carbocycles. The van der Waals surface area contributed by atoms with E-state index in [1.54, 1.807) is 32.9 Å². The first-order valence-corrected chi connectivity index (χ1v) is 7.28. The van der Waals surface area contributed by atoms with Crippen molar-refractivity contribution in [1.82, 2.24) is 0 Å². The first-order valence-electron chi connectivity index (χ1n) is 7.28. The molecule has 1 aliphatic rings. The summed E-state index contributed by atoms with van der Waals surface area (Å²) in [5.41, 5.74) is 6.54. The molecule has 22 heavy (non-hydrogen) atoms. The van der Waals surface area contributed by atoms with Gasteiger partial charge in [0.05, 0.1) is 18.9 Å². The van der Waals surface area contributed by atoms with E-state index in [0.29, 0.717) is 24.3 Å². The molecule has 0 radical (unpaired) electrons. The quantitative estimate of drug-likeness (QED) is 0.797. The zero-order valence-corrected chi connectivity index (χ0v) is 13.5. The number of methoxy groups -OCH3 is 1. The largest absolute Gasteiger partial charge is 0.495 e. The summed E-state index contributed by atoms with van der Waals surface area (Å²) in [4.78, 5) is 11.8. The summed E-state index contributed by atoms with van der Waals surface area (Å²) in [5.74, 6) is 0.509. The van der Waals surface area contributed by atoms with Gasteiger partial charge in [0.15, 0.2) is 0 Å². The number of carbonyl (C=O) groups excluding carboxylic acids is 1. The summed E-state index contributed by atoms with van der Waals surface area (Å²) in [6.07, 6.45) is 0.153. The van der Waals surface area contributed by atoms with Crippen LogP contribution in [0.3, 0.4) is 0 Å². The van der Waals surface area contributed by atoms with E-state index < -0.39 is 17.2 Å². The molecular formula is C16H24N2O4. The Labute approximate surface area is 130 Å². The van der Waals surface area contributed by atoms with Crippen molar-refractivity contribution in [2.75, 3.05) is 12.4 Å². The van der Waals surface area contributed by atoms with Crippen LogP contribution in [0.15, 0.2) is 18.2 Å². The van der Waals surface area contributed by atoms with E-state index in [-0.39, 0.29) is 6.10 Å². The van der Waals surface area contributed by atoms with Crippen LogP contribution in [0.4, 0.5) is 10.5 Å². The van der Waals surface area contributed by atoms with Crippen LogP contribution >= 0.6 is 0 Å². The lowest BCUT2D eigenvalue weighted by Crippen LogP contribution is -2.51. The second kappa shape index (κ2) is 5.78. The number of nitrogens with two attached hydrogens (primary N) is 1. The molecule has 0 unspecified atom stereocenters. The molecule has 0 spiro atoms. The fourth-order valence-corrected chi connectivity index (χ4v) is 2.53. The van der Waals surface area contributed by atoms with Gasteiger partial charge in [-0.05, 0) is 51.3 Å². The minimum Gasteiger partial charge on any atom is -0.495 e. The van der Waals surface area contributed by atoms with Crippen LogP contribution in [0, 0.1) is 0 Å². The van der Waals surface area contributed by atoms with Gasteiger partial charge in [0.1, 0.15) is 11.4 Å². The van der Waals surface area contributed by atoms with Crippen molar-refractivity contribution in [3.8, 4) is 5.75 Å². The van der Waals surface area contributed by atoms with Gasteiger partial charge < -0.3 is 20.3 Å². The molecule has 0 bridgehead atoms. The van der Waals surface area contributed by atoms with Crippen molar-refractivity contribution in [3.63, 3.8) is 0 Å². The van der Waals surface area contributed by atoms with Crippen LogP contribution in [0.25, 0.3) is 0 Å². The van der Waals surface area contributed by atoms with Gasteiger partial charge in [0.25, 0.3) is 0 Å². The van der Waals surface area contributed by atoms with Gasteiger partial charge in [0, 0.05) is 5.54 Å². The van der Waals surface area contributed by atoms with Gasteiger partial charge >= 0.3 is 6.09 Å². The third kappa shape index (κ3) is 3.69. The number of hydrogen-bond acceptors (Lipinski definition) is 5. The topological polar surface area (TPSA) is 93.8 Å². The summed E-state index contributed by atoms with van der Waals surface area (Å²) < 4.78 is 10.5. The van der Waals surface area contributed by atoms with Gasteiger partial charge in [-0.2, -0.15) is 0 Å². The summed E-state index contributed by atoms with van der Waals surface area (Å²) in [6.45, 7) is 5.40. The summed E-state index contributed by atoms with van der Waals surface area (Å²) in [5, 5.41) is 12.1. The maximum atomic E-state index is 11.8. The molecule has 0 heterocycles. The molecule has 1 aliphatic carbocycles. The molecule has 4 N–H and O–H groups in total. The van der Waals surface area contributed by atoms with E-state index in [2.05, 4.69) is 5.32 Å². The molecule has 0 aliphatic heterocycles. The Morgan fingerprint density at radius 1 is 1.41 bits per heavy atom. The monoisotopic (exact) mass is 308 g/mol. The number of rotatable bonds is 3. The number of nitrogens with one attached hydrogen (secondary N) is 1. The van der Waals surface area contributed by atoms with Crippen molar-refractivity contribution in [3.05, 3.63) is 23.8 Å². The van der Waals surface area contributed by atoms with Crippen molar-refractivity contribution in [1.29, 1.82) is 0 Å². The van der Waals surface area contributed by atoms with Crippen LogP contribution in [-0.2, 0) is 10.3 Å². The average Bonchev–Trinajstić information content (AvgIpc) is 2.35. The first-order chi connectivity index (χ1) is 10.1. The predicted molar refractivity (Wildman–Crippen MR) is 84.0 cm³/mol. The van der Waals surface area contributed by atoms with Crippen LogP contribution < -0.4 is 15.8 Å². The third-order valence-electron chi connectivity index (χ3n) is 3.61. The van der Waals surface area contributed by atoms with Crippen molar-refractivity contribution in [2.45, 2.75) is 50.9 Å². The van der Waals surface area contributed by atoms with Crippen LogP contribution in [0.2, 0.25) is 0 Å². The molecule has 0 atom stereocenters. The van der Waals surface area contributed by atoms with Crippen molar-refractivity contribution in [2.24, 2.45) is 5.73 Å². The normalized spacial score (nSPS) is 24.4. The molecular weight excluding hydrogens is 284 g/mol. The van der Waals surface area contributed by atoms with Gasteiger partial charge in [-0.25, -0.2) is 4.79 Å². The Bertz CT molecular complexity index is 560. The minimum atomic E-state index is -0.569. The Hall–Kier alpha value is -1.79. The zero-order chi connectivity index (χ0) is 16.5. The van der Waals surface area contributed by atoms with Crippen LogP contribution in [0.5, 0.6) is 5.75 Å². The lowest BCUT2D eigenvalue weighted by atomic mass is 9.70. The van der Waals surface area contributed by atoms with E-state index in [1.807, 2.05) is 6.07 Å². The highest BCUT2D eigenvalue weighted by atomic mass is 16.6. The maximum absolute atomic E-state index is 11.8. The number of aliphatic hydroxyl groups excluding tert-OH is 1. The number of amides is 1. The van der Waals surface area contributed by atoms with Crippen LogP contribution in [-0.4, -0.2) is 30.0 Å². The Morgan fingerprint density at radius 2 is 2.05 bits per heavy atom. The molecule has 2 rings (SSSR count). The molecule has 0 saturated heterocycles. The van der Waals surface area contributed by atoms with E-state index in [9.17, 15) is 9.90 Å². The minimum absolute atomic E-state index is 0.351. The third-order valence-corrected chi connectivity index (χ3v) is 3.61. The van der Waals surface area contributed by atoms with E-state index in [4.69, 9.17) is 15.2 Å². The molecule has 1 aromatic rings. The fraction of sp³-hybridized carbons (Fsp3) is 0.562. The second-order valence-corrected chi connectivity index (χ2v) is 6.76. The standard InChI is InChI=1S/C16H24N2O4/c1-15(2,3)22-14(20)18-12-6-5-10(7-13(12)21-4)16(17)8-11(19)9-16/h5-7,11,19H,8-9,17H2,1-4H3,(H,18,20). The highest BCUT2D eigenvalue weighted by Gasteiger charge is 2.41. The van der Waals surface area contributed by atoms with E-state index in [0.717, 1.165) is 5.56 Å². The summed E-state index contributed by atoms with van der Waals surface area (Å²) in [6, 6.07) is 5.36. The molecule has 6 nitrogen and oxygen atoms in total. The summed E-state index contributed by atoms with van der Waals surface area (Å²) >= 11 is 0. The number of benzene rings is 1. The lowest BCUT2D eigenvalue weighted by molar-refractivity contribution is 0.0208. The van der Waals surface area contributed by atoms with Gasteiger partial charge in [0.2, 0.25) is 0 Å². The average molecular weight is 308 g/mol. The Kier molecular flexibility index (Phi) is 4.35. The van der Waals surface area contributed by atoms with Crippen molar-refractivity contribution < 1.29 is 19.4 Å². The lowest BCUT2D eigenvalue weighted by Gasteiger charge is -2.42. The zero-order valence-electron chi connectivity index (χ0n) is 13.5. The Morgan fingerprint density at radius 3 is 2.55 bits per heavy atom. The first kappa shape index (κ1) is 16.6. The second-order valence-electron chi connectivity index (χ2n) is 6.76. The molecule has 1 amide bonds. The SMILES string of the molecule is COc1cc(C2(N)CC(O)C2)ccc1NC(=O)OC(C)(C)C. The number of anilines is 1. The molecule has 122 valence electrons.